The summed E-state index contributed by atoms with van der Waals surface area (Å²) in [6.45, 7) is 6.74. The quantitative estimate of drug-likeness (QED) is 0.581. The van der Waals surface area contributed by atoms with Gasteiger partial charge < -0.3 is 20.7 Å². The van der Waals surface area contributed by atoms with Crippen LogP contribution in [0.1, 0.15) is 39.2 Å². The molecule has 2 amide bonds. The van der Waals surface area contributed by atoms with Gasteiger partial charge in [0.25, 0.3) is 0 Å². The van der Waals surface area contributed by atoms with Crippen LogP contribution in [0.2, 0.25) is 0 Å². The van der Waals surface area contributed by atoms with Crippen LogP contribution in [-0.4, -0.2) is 24.5 Å². The van der Waals surface area contributed by atoms with Gasteiger partial charge in [0.05, 0.1) is 12.6 Å². The summed E-state index contributed by atoms with van der Waals surface area (Å²) in [5.74, 6) is 0.709. The SMILES string of the molecule is CCCC(=O)Nc1ccc(NC(=O)CNCc2ccc(OC(C)C)cc2)cc1. The average Bonchev–Trinajstić information content (AvgIpc) is 2.64. The molecule has 0 aliphatic heterocycles. The van der Waals surface area contributed by atoms with E-state index < -0.39 is 0 Å². The molecule has 0 radical (unpaired) electrons. The summed E-state index contributed by atoms with van der Waals surface area (Å²) in [5.41, 5.74) is 2.49. The van der Waals surface area contributed by atoms with Gasteiger partial charge in [-0.2, -0.15) is 0 Å². The van der Waals surface area contributed by atoms with Crippen molar-refractivity contribution in [2.75, 3.05) is 17.2 Å². The highest BCUT2D eigenvalue weighted by Gasteiger charge is 2.04. The van der Waals surface area contributed by atoms with Crippen molar-refractivity contribution in [3.05, 3.63) is 54.1 Å². The molecule has 0 saturated heterocycles. The summed E-state index contributed by atoms with van der Waals surface area (Å²) in [7, 11) is 0. The van der Waals surface area contributed by atoms with Gasteiger partial charge in [-0.1, -0.05) is 19.1 Å². The molecular weight excluding hydrogens is 354 g/mol. The van der Waals surface area contributed by atoms with Crippen molar-refractivity contribution in [1.82, 2.24) is 5.32 Å². The van der Waals surface area contributed by atoms with Crippen LogP contribution in [-0.2, 0) is 16.1 Å². The second kappa shape index (κ2) is 11.1. The highest BCUT2D eigenvalue weighted by Crippen LogP contribution is 2.15. The summed E-state index contributed by atoms with van der Waals surface area (Å²) in [6.07, 6.45) is 1.45. The highest BCUT2D eigenvalue weighted by molar-refractivity contribution is 5.93. The summed E-state index contributed by atoms with van der Waals surface area (Å²) in [4.78, 5) is 23.6. The molecule has 0 saturated carbocycles. The fourth-order valence-electron chi connectivity index (χ4n) is 2.57. The van der Waals surface area contributed by atoms with Crippen LogP contribution in [0.4, 0.5) is 11.4 Å². The Morgan fingerprint density at radius 3 is 2.00 bits per heavy atom. The van der Waals surface area contributed by atoms with Gasteiger partial charge >= 0.3 is 0 Å². The van der Waals surface area contributed by atoms with Crippen molar-refractivity contribution >= 4 is 23.2 Å². The van der Waals surface area contributed by atoms with E-state index in [1.807, 2.05) is 45.0 Å². The lowest BCUT2D eigenvalue weighted by Gasteiger charge is -2.11. The first-order valence-electron chi connectivity index (χ1n) is 9.62. The molecule has 28 heavy (non-hydrogen) atoms. The largest absolute Gasteiger partial charge is 0.491 e. The van der Waals surface area contributed by atoms with Crippen LogP contribution in [0.15, 0.2) is 48.5 Å². The molecule has 0 aromatic heterocycles. The first kappa shape index (κ1) is 21.4. The van der Waals surface area contributed by atoms with Gasteiger partial charge in [0.15, 0.2) is 0 Å². The average molecular weight is 383 g/mol. The van der Waals surface area contributed by atoms with E-state index in [0.717, 1.165) is 23.4 Å². The first-order chi connectivity index (χ1) is 13.5. The number of carbonyl (C=O) groups is 2. The topological polar surface area (TPSA) is 79.5 Å². The predicted molar refractivity (Wildman–Crippen MR) is 113 cm³/mol. The van der Waals surface area contributed by atoms with Gasteiger partial charge in [-0.05, 0) is 62.2 Å². The number of carbonyl (C=O) groups excluding carboxylic acids is 2. The minimum atomic E-state index is -0.123. The van der Waals surface area contributed by atoms with Gasteiger partial charge in [-0.3, -0.25) is 9.59 Å². The van der Waals surface area contributed by atoms with E-state index in [4.69, 9.17) is 4.74 Å². The molecule has 0 aliphatic rings. The van der Waals surface area contributed by atoms with Gasteiger partial charge in [-0.15, -0.1) is 0 Å². The Balaban J connectivity index is 1.72. The lowest BCUT2D eigenvalue weighted by Crippen LogP contribution is -2.27. The molecule has 2 rings (SSSR count). The van der Waals surface area contributed by atoms with Crippen molar-refractivity contribution in [3.8, 4) is 5.75 Å². The molecule has 6 heteroatoms. The van der Waals surface area contributed by atoms with E-state index in [-0.39, 0.29) is 24.5 Å². The Morgan fingerprint density at radius 2 is 1.46 bits per heavy atom. The van der Waals surface area contributed by atoms with Gasteiger partial charge in [0.2, 0.25) is 11.8 Å². The van der Waals surface area contributed by atoms with Gasteiger partial charge in [-0.25, -0.2) is 0 Å². The second-order valence-corrected chi connectivity index (χ2v) is 6.84. The van der Waals surface area contributed by atoms with Crippen LogP contribution in [0, 0.1) is 0 Å². The second-order valence-electron chi connectivity index (χ2n) is 6.84. The summed E-state index contributed by atoms with van der Waals surface area (Å²) in [6, 6.07) is 14.9. The minimum absolute atomic E-state index is 0.00714. The van der Waals surface area contributed by atoms with E-state index >= 15 is 0 Å². The van der Waals surface area contributed by atoms with Crippen molar-refractivity contribution < 1.29 is 14.3 Å². The maximum Gasteiger partial charge on any atom is 0.238 e. The fourth-order valence-corrected chi connectivity index (χ4v) is 2.57. The Morgan fingerprint density at radius 1 is 0.893 bits per heavy atom. The summed E-state index contributed by atoms with van der Waals surface area (Å²) >= 11 is 0. The molecule has 6 nitrogen and oxygen atoms in total. The third-order valence-corrected chi connectivity index (χ3v) is 3.84. The lowest BCUT2D eigenvalue weighted by atomic mass is 10.2. The number of nitrogens with one attached hydrogen (secondary N) is 3. The molecule has 3 N–H and O–H groups in total. The smallest absolute Gasteiger partial charge is 0.238 e. The van der Waals surface area contributed by atoms with Gasteiger partial charge in [0, 0.05) is 24.3 Å². The highest BCUT2D eigenvalue weighted by atomic mass is 16.5. The number of benzene rings is 2. The maximum absolute atomic E-state index is 12.1. The zero-order chi connectivity index (χ0) is 20.4. The van der Waals surface area contributed by atoms with Gasteiger partial charge in [0.1, 0.15) is 5.75 Å². The van der Waals surface area contributed by atoms with Crippen molar-refractivity contribution in [2.45, 2.75) is 46.3 Å². The number of hydrogen-bond donors (Lipinski definition) is 3. The number of hydrogen-bond acceptors (Lipinski definition) is 4. The Hall–Kier alpha value is -2.86. The van der Waals surface area contributed by atoms with E-state index in [1.165, 1.54) is 0 Å². The van der Waals surface area contributed by atoms with Crippen molar-refractivity contribution in [1.29, 1.82) is 0 Å². The summed E-state index contributed by atoms with van der Waals surface area (Å²) in [5, 5.41) is 8.77. The normalized spacial score (nSPS) is 10.6. The Labute approximate surface area is 166 Å². The molecule has 0 fully saturated rings. The monoisotopic (exact) mass is 383 g/mol. The molecule has 0 bridgehead atoms. The molecule has 2 aromatic carbocycles. The number of rotatable bonds is 10. The van der Waals surface area contributed by atoms with E-state index in [2.05, 4.69) is 16.0 Å². The maximum atomic E-state index is 12.1. The third-order valence-electron chi connectivity index (χ3n) is 3.84. The zero-order valence-electron chi connectivity index (χ0n) is 16.7. The van der Waals surface area contributed by atoms with Crippen LogP contribution < -0.4 is 20.7 Å². The van der Waals surface area contributed by atoms with Crippen molar-refractivity contribution in [3.63, 3.8) is 0 Å². The van der Waals surface area contributed by atoms with E-state index in [1.54, 1.807) is 24.3 Å². The zero-order valence-corrected chi connectivity index (χ0v) is 16.7. The predicted octanol–water partition coefficient (Wildman–Crippen LogP) is 3.94. The molecule has 0 unspecified atom stereocenters. The standard InChI is InChI=1S/C22H29N3O3/c1-4-5-21(26)24-18-8-10-19(11-9-18)25-22(27)15-23-14-17-6-12-20(13-7-17)28-16(2)3/h6-13,16,23H,4-5,14-15H2,1-3H3,(H,24,26)(H,25,27). The first-order valence-corrected chi connectivity index (χ1v) is 9.62. The fraction of sp³-hybridized carbons (Fsp3) is 0.364. The molecule has 0 spiro atoms. The third kappa shape index (κ3) is 7.80. The molecule has 150 valence electrons. The molecule has 0 aliphatic carbocycles. The molecule has 0 heterocycles. The Bertz CT molecular complexity index is 756. The van der Waals surface area contributed by atoms with Crippen molar-refractivity contribution in [2.24, 2.45) is 0 Å². The van der Waals surface area contributed by atoms with E-state index in [0.29, 0.717) is 18.7 Å². The minimum Gasteiger partial charge on any atom is -0.491 e. The van der Waals surface area contributed by atoms with E-state index in [9.17, 15) is 9.59 Å². The number of ether oxygens (including phenoxy) is 1. The molecular formula is C22H29N3O3. The number of amides is 2. The van der Waals surface area contributed by atoms with Crippen LogP contribution >= 0.6 is 0 Å². The molecule has 0 atom stereocenters. The Kier molecular flexibility index (Phi) is 8.49. The molecule has 2 aromatic rings. The van der Waals surface area contributed by atoms with Crippen LogP contribution in [0.25, 0.3) is 0 Å². The van der Waals surface area contributed by atoms with Crippen LogP contribution in [0.3, 0.4) is 0 Å². The number of anilines is 2. The summed E-state index contributed by atoms with van der Waals surface area (Å²) < 4.78 is 5.61. The van der Waals surface area contributed by atoms with Crippen LogP contribution in [0.5, 0.6) is 5.75 Å². The lowest BCUT2D eigenvalue weighted by molar-refractivity contribution is -0.116.